The smallest absolute Gasteiger partial charge is 0.230 e. The summed E-state index contributed by atoms with van der Waals surface area (Å²) in [6.45, 7) is 4.78. The van der Waals surface area contributed by atoms with Crippen molar-refractivity contribution in [2.24, 2.45) is 17.8 Å². The average Bonchev–Trinajstić information content (AvgIpc) is 3.60. The second-order valence-corrected chi connectivity index (χ2v) is 10.7. The molecule has 7 heteroatoms. The topological polar surface area (TPSA) is 69.0 Å². The van der Waals surface area contributed by atoms with Gasteiger partial charge in [-0.15, -0.1) is 10.2 Å². The molecule has 0 spiro atoms. The quantitative estimate of drug-likeness (QED) is 0.391. The molecule has 1 aromatic heterocycles. The van der Waals surface area contributed by atoms with Crippen molar-refractivity contribution in [1.82, 2.24) is 20.1 Å². The molecule has 2 aliphatic carbocycles. The van der Waals surface area contributed by atoms with Crippen molar-refractivity contribution in [1.29, 1.82) is 0 Å². The monoisotopic (exact) mass is 490 g/mol. The Bertz CT molecular complexity index is 1130. The SMILES string of the molecule is CCOc1ccc(-n2c(Cc3ccccc3)nnc2SCC(=O)N[C@@H](C)[C@H]2C[C@H]3CC[C@H]2C3)cc1. The Kier molecular flexibility index (Phi) is 7.42. The minimum Gasteiger partial charge on any atom is -0.494 e. The molecular formula is C28H34N4O2S. The minimum absolute atomic E-state index is 0.0659. The number of carbonyl (C=O) groups is 1. The van der Waals surface area contributed by atoms with Gasteiger partial charge in [-0.3, -0.25) is 9.36 Å². The number of nitrogens with zero attached hydrogens (tertiary/aromatic N) is 3. The lowest BCUT2D eigenvalue weighted by molar-refractivity contribution is -0.119. The second kappa shape index (κ2) is 10.9. The molecule has 4 atom stereocenters. The zero-order valence-corrected chi connectivity index (χ0v) is 21.3. The first kappa shape index (κ1) is 23.9. The van der Waals surface area contributed by atoms with Crippen LogP contribution in [0.3, 0.4) is 0 Å². The van der Waals surface area contributed by atoms with Crippen LogP contribution in [0.25, 0.3) is 5.69 Å². The molecule has 3 aromatic rings. The second-order valence-electron chi connectivity index (χ2n) is 9.81. The fourth-order valence-corrected chi connectivity index (χ4v) is 6.63. The van der Waals surface area contributed by atoms with Gasteiger partial charge in [0.2, 0.25) is 5.91 Å². The largest absolute Gasteiger partial charge is 0.494 e. The van der Waals surface area contributed by atoms with E-state index >= 15 is 0 Å². The van der Waals surface area contributed by atoms with Gasteiger partial charge in [-0.2, -0.15) is 0 Å². The number of hydrogen-bond donors (Lipinski definition) is 1. The van der Waals surface area contributed by atoms with E-state index in [9.17, 15) is 4.79 Å². The highest BCUT2D eigenvalue weighted by Gasteiger charge is 2.42. The van der Waals surface area contributed by atoms with Crippen molar-refractivity contribution >= 4 is 17.7 Å². The third kappa shape index (κ3) is 5.56. The molecule has 1 amide bonds. The third-order valence-corrected chi connectivity index (χ3v) is 8.40. The van der Waals surface area contributed by atoms with Crippen molar-refractivity contribution < 1.29 is 9.53 Å². The summed E-state index contributed by atoms with van der Waals surface area (Å²) in [5, 5.41) is 13.0. The maximum Gasteiger partial charge on any atom is 0.230 e. The molecule has 2 saturated carbocycles. The highest BCUT2D eigenvalue weighted by atomic mass is 32.2. The zero-order valence-electron chi connectivity index (χ0n) is 20.5. The summed E-state index contributed by atoms with van der Waals surface area (Å²) in [6.07, 6.45) is 6.00. The number of rotatable bonds is 10. The molecule has 2 bridgehead atoms. The van der Waals surface area contributed by atoms with E-state index in [4.69, 9.17) is 4.74 Å². The van der Waals surface area contributed by atoms with E-state index in [2.05, 4.69) is 39.1 Å². The van der Waals surface area contributed by atoms with Gasteiger partial charge < -0.3 is 10.1 Å². The number of hydrogen-bond acceptors (Lipinski definition) is 5. The number of aromatic nitrogens is 3. The van der Waals surface area contributed by atoms with E-state index in [0.29, 0.717) is 24.7 Å². The molecule has 1 N–H and O–H groups in total. The van der Waals surface area contributed by atoms with Gasteiger partial charge in [0.1, 0.15) is 11.6 Å². The number of amides is 1. The van der Waals surface area contributed by atoms with Crippen LogP contribution in [0.1, 0.15) is 50.9 Å². The number of ether oxygens (including phenoxy) is 1. The molecular weight excluding hydrogens is 456 g/mol. The van der Waals surface area contributed by atoms with Crippen LogP contribution < -0.4 is 10.1 Å². The summed E-state index contributed by atoms with van der Waals surface area (Å²) in [4.78, 5) is 12.8. The first-order valence-electron chi connectivity index (χ1n) is 12.7. The first-order chi connectivity index (χ1) is 17.1. The van der Waals surface area contributed by atoms with Gasteiger partial charge in [-0.05, 0) is 80.7 Å². The maximum absolute atomic E-state index is 12.8. The normalized spacial score (nSPS) is 21.7. The summed E-state index contributed by atoms with van der Waals surface area (Å²) >= 11 is 1.44. The van der Waals surface area contributed by atoms with Crippen LogP contribution in [0, 0.1) is 17.8 Å². The van der Waals surface area contributed by atoms with E-state index < -0.39 is 0 Å². The Morgan fingerprint density at radius 1 is 1.11 bits per heavy atom. The fraction of sp³-hybridized carbons (Fsp3) is 0.464. The van der Waals surface area contributed by atoms with Crippen molar-refractivity contribution in [3.05, 3.63) is 66.0 Å². The van der Waals surface area contributed by atoms with Gasteiger partial charge in [0.25, 0.3) is 0 Å². The molecule has 0 aliphatic heterocycles. The Hall–Kier alpha value is -2.80. The number of thioether (sulfide) groups is 1. The third-order valence-electron chi connectivity index (χ3n) is 7.47. The summed E-state index contributed by atoms with van der Waals surface area (Å²) in [7, 11) is 0. The lowest BCUT2D eigenvalue weighted by Crippen LogP contribution is -2.40. The molecule has 2 fully saturated rings. The van der Waals surface area contributed by atoms with Gasteiger partial charge in [0, 0.05) is 18.2 Å². The van der Waals surface area contributed by atoms with E-state index in [1.54, 1.807) is 0 Å². The number of benzene rings is 2. The Morgan fingerprint density at radius 2 is 1.91 bits per heavy atom. The van der Waals surface area contributed by atoms with E-state index in [-0.39, 0.29) is 11.9 Å². The molecule has 184 valence electrons. The van der Waals surface area contributed by atoms with Crippen LogP contribution in [0.2, 0.25) is 0 Å². The van der Waals surface area contributed by atoms with Crippen molar-refractivity contribution in [3.8, 4) is 11.4 Å². The molecule has 6 nitrogen and oxygen atoms in total. The van der Waals surface area contributed by atoms with Crippen LogP contribution in [-0.4, -0.2) is 39.1 Å². The average molecular weight is 491 g/mol. The molecule has 1 heterocycles. The molecule has 5 rings (SSSR count). The van der Waals surface area contributed by atoms with Crippen LogP contribution in [0.4, 0.5) is 0 Å². The van der Waals surface area contributed by atoms with Crippen LogP contribution in [0.5, 0.6) is 5.75 Å². The molecule has 2 aromatic carbocycles. The standard InChI is InChI=1S/C28H34N4O2S/c1-3-34-24-13-11-23(12-14-24)32-26(17-20-7-5-4-6-8-20)30-31-28(32)35-18-27(33)29-19(2)25-16-21-9-10-22(25)15-21/h4-8,11-14,19,21-22,25H,3,9-10,15-18H2,1-2H3,(H,29,33)/t19-,21-,22-,25+/m0/s1. The van der Waals surface area contributed by atoms with E-state index in [1.165, 1.54) is 43.0 Å². The Morgan fingerprint density at radius 3 is 2.60 bits per heavy atom. The van der Waals surface area contributed by atoms with Gasteiger partial charge in [-0.25, -0.2) is 0 Å². The lowest BCUT2D eigenvalue weighted by Gasteiger charge is -2.28. The summed E-state index contributed by atoms with van der Waals surface area (Å²) in [5.74, 6) is 4.38. The number of nitrogens with one attached hydrogen (secondary N) is 1. The lowest BCUT2D eigenvalue weighted by atomic mass is 9.84. The number of fused-ring (bicyclic) bond motifs is 2. The zero-order chi connectivity index (χ0) is 24.2. The molecule has 0 saturated heterocycles. The van der Waals surface area contributed by atoms with Crippen molar-refractivity contribution in [2.45, 2.75) is 57.1 Å². The summed E-state index contributed by atoms with van der Waals surface area (Å²) in [6, 6.07) is 18.5. The number of carbonyl (C=O) groups excluding carboxylic acids is 1. The molecule has 0 radical (unpaired) electrons. The van der Waals surface area contributed by atoms with Crippen LogP contribution in [-0.2, 0) is 11.2 Å². The van der Waals surface area contributed by atoms with Crippen LogP contribution in [0.15, 0.2) is 59.8 Å². The molecule has 35 heavy (non-hydrogen) atoms. The highest BCUT2D eigenvalue weighted by molar-refractivity contribution is 7.99. The summed E-state index contributed by atoms with van der Waals surface area (Å²) in [5.41, 5.74) is 2.13. The Balaban J connectivity index is 1.29. The highest BCUT2D eigenvalue weighted by Crippen LogP contribution is 2.49. The Labute approximate surface area is 211 Å². The van der Waals surface area contributed by atoms with Gasteiger partial charge in [0.05, 0.1) is 12.4 Å². The minimum atomic E-state index is 0.0659. The van der Waals surface area contributed by atoms with Crippen LogP contribution >= 0.6 is 11.8 Å². The van der Waals surface area contributed by atoms with Crippen molar-refractivity contribution in [2.75, 3.05) is 12.4 Å². The maximum atomic E-state index is 12.8. The first-order valence-corrected chi connectivity index (χ1v) is 13.7. The van der Waals surface area contributed by atoms with E-state index in [0.717, 1.165) is 34.3 Å². The predicted octanol–water partition coefficient (Wildman–Crippen LogP) is 5.29. The molecule has 0 unspecified atom stereocenters. The van der Waals surface area contributed by atoms with Crippen molar-refractivity contribution in [3.63, 3.8) is 0 Å². The fourth-order valence-electron chi connectivity index (χ4n) is 5.84. The summed E-state index contributed by atoms with van der Waals surface area (Å²) < 4.78 is 7.67. The molecule has 2 aliphatic rings. The van der Waals surface area contributed by atoms with Gasteiger partial charge in [-0.1, -0.05) is 48.5 Å². The van der Waals surface area contributed by atoms with Gasteiger partial charge in [0.15, 0.2) is 5.16 Å². The predicted molar refractivity (Wildman–Crippen MR) is 139 cm³/mol. The van der Waals surface area contributed by atoms with Gasteiger partial charge >= 0.3 is 0 Å². The van der Waals surface area contributed by atoms with E-state index in [1.807, 2.05) is 49.4 Å².